The van der Waals surface area contributed by atoms with Crippen LogP contribution in [0.5, 0.6) is 0 Å². The average molecular weight is 459 g/mol. The molecule has 0 saturated carbocycles. The van der Waals surface area contributed by atoms with Crippen molar-refractivity contribution in [3.8, 4) is 17.3 Å². The molecule has 0 aliphatic heterocycles. The van der Waals surface area contributed by atoms with Crippen molar-refractivity contribution < 1.29 is 9.21 Å². The minimum absolute atomic E-state index is 0.208. The lowest BCUT2D eigenvalue weighted by Gasteiger charge is -2.14. The molecule has 0 unspecified atom stereocenters. The Morgan fingerprint density at radius 3 is 2.47 bits per heavy atom. The highest BCUT2D eigenvalue weighted by Gasteiger charge is 2.23. The molecule has 6 nitrogen and oxygen atoms in total. The summed E-state index contributed by atoms with van der Waals surface area (Å²) in [4.78, 5) is 12.7. The Hall–Kier alpha value is -2.74. The standard InChI is InChI=1S/C21H16Cl2N4O2S/c1-13(20(28)24-16-11-14(22)10-15(23)12-16)30-21-26-25-19(18-8-5-9-29-18)27(21)17-6-3-2-4-7-17/h2-13H,1H3,(H,24,28)/t13-/m0/s1. The zero-order valence-electron chi connectivity index (χ0n) is 15.8. The monoisotopic (exact) mass is 458 g/mol. The first kappa shape index (κ1) is 20.5. The van der Waals surface area contributed by atoms with Crippen LogP contribution in [0.4, 0.5) is 5.69 Å². The van der Waals surface area contributed by atoms with Gasteiger partial charge in [0, 0.05) is 21.4 Å². The van der Waals surface area contributed by atoms with Gasteiger partial charge in [-0.15, -0.1) is 10.2 Å². The lowest BCUT2D eigenvalue weighted by atomic mass is 10.3. The predicted octanol–water partition coefficient (Wildman–Crippen LogP) is 5.95. The van der Waals surface area contributed by atoms with Gasteiger partial charge < -0.3 is 9.73 Å². The number of aromatic nitrogens is 3. The molecule has 9 heteroatoms. The highest BCUT2D eigenvalue weighted by Crippen LogP contribution is 2.31. The van der Waals surface area contributed by atoms with E-state index >= 15 is 0 Å². The van der Waals surface area contributed by atoms with Crippen LogP contribution in [0.1, 0.15) is 6.92 Å². The van der Waals surface area contributed by atoms with E-state index in [1.54, 1.807) is 37.5 Å². The topological polar surface area (TPSA) is 73.0 Å². The fourth-order valence-electron chi connectivity index (χ4n) is 2.80. The van der Waals surface area contributed by atoms with Crippen LogP contribution in [0, 0.1) is 0 Å². The fourth-order valence-corrected chi connectivity index (χ4v) is 4.20. The zero-order valence-corrected chi connectivity index (χ0v) is 18.1. The van der Waals surface area contributed by atoms with E-state index in [1.807, 2.05) is 41.0 Å². The molecule has 0 aliphatic carbocycles. The van der Waals surface area contributed by atoms with Gasteiger partial charge in [-0.1, -0.05) is 53.2 Å². The van der Waals surface area contributed by atoms with Crippen LogP contribution in [-0.4, -0.2) is 25.9 Å². The van der Waals surface area contributed by atoms with Crippen LogP contribution in [-0.2, 0) is 4.79 Å². The van der Waals surface area contributed by atoms with Crippen molar-refractivity contribution in [3.63, 3.8) is 0 Å². The number of rotatable bonds is 6. The minimum Gasteiger partial charge on any atom is -0.461 e. The summed E-state index contributed by atoms with van der Waals surface area (Å²) in [5.41, 5.74) is 1.40. The first-order chi connectivity index (χ1) is 14.5. The van der Waals surface area contributed by atoms with Gasteiger partial charge in [-0.2, -0.15) is 0 Å². The summed E-state index contributed by atoms with van der Waals surface area (Å²) in [6.45, 7) is 1.79. The third-order valence-electron chi connectivity index (χ3n) is 4.17. The second kappa shape index (κ2) is 8.95. The quantitative estimate of drug-likeness (QED) is 0.361. The first-order valence-corrected chi connectivity index (χ1v) is 10.6. The van der Waals surface area contributed by atoms with Gasteiger partial charge in [0.05, 0.1) is 11.5 Å². The molecule has 0 radical (unpaired) electrons. The number of benzene rings is 2. The molecule has 152 valence electrons. The van der Waals surface area contributed by atoms with E-state index in [-0.39, 0.29) is 5.91 Å². The summed E-state index contributed by atoms with van der Waals surface area (Å²) < 4.78 is 7.38. The van der Waals surface area contributed by atoms with Gasteiger partial charge in [0.15, 0.2) is 10.9 Å². The third-order valence-corrected chi connectivity index (χ3v) is 5.65. The second-order valence-corrected chi connectivity index (χ2v) is 8.54. The largest absolute Gasteiger partial charge is 0.461 e. The molecule has 0 bridgehead atoms. The molecule has 1 N–H and O–H groups in total. The maximum absolute atomic E-state index is 12.7. The van der Waals surface area contributed by atoms with E-state index in [9.17, 15) is 4.79 Å². The normalized spacial score (nSPS) is 12.0. The van der Waals surface area contributed by atoms with Gasteiger partial charge in [0.25, 0.3) is 0 Å². The van der Waals surface area contributed by atoms with Gasteiger partial charge in [0.2, 0.25) is 11.7 Å². The Morgan fingerprint density at radius 1 is 1.07 bits per heavy atom. The molecule has 2 aromatic carbocycles. The van der Waals surface area contributed by atoms with Gasteiger partial charge in [-0.05, 0) is 49.4 Å². The molecular weight excluding hydrogens is 443 g/mol. The summed E-state index contributed by atoms with van der Waals surface area (Å²) >= 11 is 13.3. The SMILES string of the molecule is C[C@H](Sc1nnc(-c2ccco2)n1-c1ccccc1)C(=O)Nc1cc(Cl)cc(Cl)c1. The molecule has 0 saturated heterocycles. The van der Waals surface area contributed by atoms with Gasteiger partial charge in [-0.25, -0.2) is 0 Å². The number of amides is 1. The molecule has 0 spiro atoms. The molecule has 1 atom stereocenters. The Labute approximate surface area is 187 Å². The van der Waals surface area contributed by atoms with E-state index in [2.05, 4.69) is 15.5 Å². The van der Waals surface area contributed by atoms with Crippen molar-refractivity contribution in [1.29, 1.82) is 0 Å². The highest BCUT2D eigenvalue weighted by atomic mass is 35.5. The zero-order chi connectivity index (χ0) is 21.1. The Morgan fingerprint density at radius 2 is 1.80 bits per heavy atom. The number of thioether (sulfide) groups is 1. The molecular formula is C21H16Cl2N4O2S. The first-order valence-electron chi connectivity index (χ1n) is 8.99. The van der Waals surface area contributed by atoms with E-state index in [0.29, 0.717) is 32.5 Å². The van der Waals surface area contributed by atoms with Crippen LogP contribution in [0.25, 0.3) is 17.3 Å². The van der Waals surface area contributed by atoms with Crippen LogP contribution in [0.3, 0.4) is 0 Å². The Balaban J connectivity index is 1.60. The molecule has 2 heterocycles. The number of nitrogens with one attached hydrogen (secondary N) is 1. The van der Waals surface area contributed by atoms with Gasteiger partial charge in [-0.3, -0.25) is 9.36 Å². The summed E-state index contributed by atoms with van der Waals surface area (Å²) in [5, 5.41) is 12.4. The smallest absolute Gasteiger partial charge is 0.237 e. The summed E-state index contributed by atoms with van der Waals surface area (Å²) in [7, 11) is 0. The van der Waals surface area contributed by atoms with Crippen LogP contribution < -0.4 is 5.32 Å². The average Bonchev–Trinajstić information content (AvgIpc) is 3.37. The van der Waals surface area contributed by atoms with E-state index < -0.39 is 5.25 Å². The number of para-hydroxylation sites is 1. The summed E-state index contributed by atoms with van der Waals surface area (Å²) in [5.74, 6) is 0.937. The van der Waals surface area contributed by atoms with Crippen molar-refractivity contribution in [1.82, 2.24) is 14.8 Å². The fraction of sp³-hybridized carbons (Fsp3) is 0.0952. The second-order valence-electron chi connectivity index (χ2n) is 6.36. The molecule has 0 aliphatic rings. The van der Waals surface area contributed by atoms with E-state index in [4.69, 9.17) is 27.6 Å². The molecule has 0 fully saturated rings. The maximum atomic E-state index is 12.7. The Kier molecular flexibility index (Phi) is 6.13. The summed E-state index contributed by atoms with van der Waals surface area (Å²) in [6, 6.07) is 18.2. The number of halogens is 2. The molecule has 4 rings (SSSR count). The van der Waals surface area contributed by atoms with Gasteiger partial charge in [0.1, 0.15) is 0 Å². The minimum atomic E-state index is -0.459. The Bertz CT molecular complexity index is 1140. The number of furan rings is 1. The van der Waals surface area contributed by atoms with Crippen molar-refractivity contribution in [2.24, 2.45) is 0 Å². The van der Waals surface area contributed by atoms with Crippen molar-refractivity contribution in [3.05, 3.63) is 77.0 Å². The molecule has 1 amide bonds. The molecule has 2 aromatic heterocycles. The number of anilines is 1. The summed E-state index contributed by atoms with van der Waals surface area (Å²) in [6.07, 6.45) is 1.58. The van der Waals surface area contributed by atoms with Crippen molar-refractivity contribution in [2.75, 3.05) is 5.32 Å². The number of hydrogen-bond acceptors (Lipinski definition) is 5. The highest BCUT2D eigenvalue weighted by molar-refractivity contribution is 8.00. The lowest BCUT2D eigenvalue weighted by molar-refractivity contribution is -0.115. The lowest BCUT2D eigenvalue weighted by Crippen LogP contribution is -2.22. The number of hydrogen-bond donors (Lipinski definition) is 1. The number of carbonyl (C=O) groups excluding carboxylic acids is 1. The molecule has 30 heavy (non-hydrogen) atoms. The van der Waals surface area contributed by atoms with Crippen LogP contribution in [0.2, 0.25) is 10.0 Å². The number of carbonyl (C=O) groups is 1. The molecule has 4 aromatic rings. The maximum Gasteiger partial charge on any atom is 0.237 e. The van der Waals surface area contributed by atoms with Crippen LogP contribution in [0.15, 0.2) is 76.5 Å². The number of nitrogens with zero attached hydrogens (tertiary/aromatic N) is 3. The van der Waals surface area contributed by atoms with E-state index in [0.717, 1.165) is 5.69 Å². The van der Waals surface area contributed by atoms with Crippen molar-refractivity contribution in [2.45, 2.75) is 17.3 Å². The third kappa shape index (κ3) is 4.53. The van der Waals surface area contributed by atoms with Crippen molar-refractivity contribution >= 4 is 46.6 Å². The van der Waals surface area contributed by atoms with Crippen LogP contribution >= 0.6 is 35.0 Å². The van der Waals surface area contributed by atoms with Gasteiger partial charge >= 0.3 is 0 Å². The van der Waals surface area contributed by atoms with E-state index in [1.165, 1.54) is 11.8 Å². The predicted molar refractivity (Wildman–Crippen MR) is 119 cm³/mol.